The normalized spacial score (nSPS) is 15.4. The average Bonchev–Trinajstić information content (AvgIpc) is 1.43. The first-order valence-corrected chi connectivity index (χ1v) is 42.9. The molecule has 6 heterocycles. The minimum Gasteiger partial charge on any atom is -0.476 e. The van der Waals surface area contributed by atoms with Crippen LogP contribution in [0.15, 0.2) is 120 Å². The third kappa shape index (κ3) is 21.9. The summed E-state index contributed by atoms with van der Waals surface area (Å²) in [4.78, 5) is 47.1. The van der Waals surface area contributed by atoms with E-state index in [9.17, 15) is 14.0 Å². The fraction of sp³-hybridized carbons (Fsp3) is 0.480. The van der Waals surface area contributed by atoms with Gasteiger partial charge in [0.1, 0.15) is 62.2 Å². The molecular weight excluding hydrogens is 1400 g/mol. The van der Waals surface area contributed by atoms with Gasteiger partial charge in [0.15, 0.2) is 11.6 Å². The van der Waals surface area contributed by atoms with Gasteiger partial charge in [-0.2, -0.15) is 19.3 Å². The number of rotatable bonds is 30. The predicted molar refractivity (Wildman–Crippen MR) is 396 cm³/mol. The molecule has 3 fully saturated rings. The van der Waals surface area contributed by atoms with Crippen LogP contribution in [0.3, 0.4) is 0 Å². The molecule has 5 aromatic heterocycles. The highest BCUT2D eigenvalue weighted by molar-refractivity contribution is 9.10. The Balaban J connectivity index is 0.000000188. The molecule has 546 valence electrons. The zero-order chi connectivity index (χ0) is 73.8. The molecule has 0 radical (unpaired) electrons. The van der Waals surface area contributed by atoms with Crippen LogP contribution in [0.1, 0.15) is 103 Å². The maximum Gasteiger partial charge on any atom is 0.496 e. The van der Waals surface area contributed by atoms with Crippen LogP contribution in [0, 0.1) is 36.3 Å². The number of carbonyl (C=O) groups excluding carboxylic acids is 2. The number of hydrogen-bond acceptors (Lipinski definition) is 19. The molecule has 0 amide bonds. The van der Waals surface area contributed by atoms with Crippen molar-refractivity contribution in [1.82, 2.24) is 44.5 Å². The van der Waals surface area contributed by atoms with Gasteiger partial charge in [0, 0.05) is 75.6 Å². The summed E-state index contributed by atoms with van der Waals surface area (Å²) in [6, 6.07) is 31.9. The number of nitrogens with zero attached hydrogens (tertiary/aromatic N) is 9. The lowest BCUT2D eigenvalue weighted by Crippen LogP contribution is -2.41. The molecule has 1 saturated heterocycles. The van der Waals surface area contributed by atoms with Gasteiger partial charge in [-0.05, 0) is 169 Å². The van der Waals surface area contributed by atoms with Crippen LogP contribution in [0.2, 0.25) is 51.4 Å². The number of aromatic nitrogens is 9. The Morgan fingerprint density at radius 3 is 1.50 bits per heavy atom. The minimum atomic E-state index is -1.24. The van der Waals surface area contributed by atoms with Crippen molar-refractivity contribution in [3.63, 3.8) is 0 Å². The molecule has 21 nitrogen and oxygen atoms in total. The molecule has 0 spiro atoms. The largest absolute Gasteiger partial charge is 0.496 e. The van der Waals surface area contributed by atoms with Crippen molar-refractivity contribution in [3.05, 3.63) is 154 Å². The zero-order valence-electron chi connectivity index (χ0n) is 61.7. The van der Waals surface area contributed by atoms with Crippen molar-refractivity contribution in [2.75, 3.05) is 26.4 Å². The topological polar surface area (TPSA) is 227 Å². The summed E-state index contributed by atoms with van der Waals surface area (Å²) in [6.45, 7) is 36.0. The van der Waals surface area contributed by atoms with Gasteiger partial charge in [-0.3, -0.25) is 9.59 Å². The van der Waals surface area contributed by atoms with E-state index in [2.05, 4.69) is 90.3 Å². The number of ether oxygens (including phenoxy) is 8. The van der Waals surface area contributed by atoms with Gasteiger partial charge < -0.3 is 47.2 Å². The Kier molecular flexibility index (Phi) is 25.9. The van der Waals surface area contributed by atoms with E-state index in [-0.39, 0.29) is 93.0 Å². The van der Waals surface area contributed by atoms with E-state index in [1.54, 1.807) is 24.5 Å². The highest BCUT2D eigenvalue weighted by atomic mass is 79.9. The summed E-state index contributed by atoms with van der Waals surface area (Å²) >= 11 is 3.19. The van der Waals surface area contributed by atoms with Crippen LogP contribution < -0.4 is 24.4 Å². The maximum absolute atomic E-state index is 15.5. The van der Waals surface area contributed by atoms with Crippen LogP contribution in [0.4, 0.5) is 8.78 Å². The molecule has 3 aliphatic rings. The highest BCUT2D eigenvalue weighted by Crippen LogP contribution is 2.48. The van der Waals surface area contributed by atoms with E-state index >= 15 is 4.39 Å². The molecule has 0 N–H and O–H groups in total. The van der Waals surface area contributed by atoms with Gasteiger partial charge in [0.2, 0.25) is 17.6 Å². The van der Waals surface area contributed by atoms with Gasteiger partial charge in [-0.15, -0.1) is 10.2 Å². The Bertz CT molecular complexity index is 4120. The summed E-state index contributed by atoms with van der Waals surface area (Å²) in [5.74, 6) is -0.131. The third-order valence-corrected chi connectivity index (χ3v) is 21.5. The van der Waals surface area contributed by atoms with Gasteiger partial charge in [-0.25, -0.2) is 23.7 Å². The molecule has 0 unspecified atom stereocenters. The van der Waals surface area contributed by atoms with E-state index in [1.165, 1.54) is 27.7 Å². The molecule has 2 saturated carbocycles. The lowest BCUT2D eigenvalue weighted by Gasteiger charge is -2.32. The molecule has 0 bridgehead atoms. The minimum absolute atomic E-state index is 0.0812. The Labute approximate surface area is 608 Å². The van der Waals surface area contributed by atoms with E-state index in [4.69, 9.17) is 47.2 Å². The molecular formula is C75H97BBrF2N9O12Si2. The summed E-state index contributed by atoms with van der Waals surface area (Å²) in [7, 11) is -2.86. The number of aryl methyl sites for hydroxylation is 2. The van der Waals surface area contributed by atoms with Gasteiger partial charge >= 0.3 is 31.1 Å². The number of carbonyl (C=O) groups is 2. The van der Waals surface area contributed by atoms with Crippen molar-refractivity contribution in [3.8, 4) is 57.8 Å². The Morgan fingerprint density at radius 1 is 0.588 bits per heavy atom. The molecule has 0 atom stereocenters. The summed E-state index contributed by atoms with van der Waals surface area (Å²) in [5.41, 5.74) is 4.39. The molecule has 1 aliphatic heterocycles. The van der Waals surface area contributed by atoms with E-state index in [0.717, 1.165) is 58.2 Å². The SMILES string of the molecule is CC(C)Oc1nc(-c2ncc(Br)cc2F)nn1COCC[Si](C)(C)C.Cc1cc(OCC2(C(=O)OCc3ccccc3)CC2)ncc1-c1ccc(-c2nc(OC(C)C)n(COCC[Si](C)(C)C)n2)c(F)c1.Cc1cc(OCC2(C(=O)OCc3ccccc3)CC2)ncc1B1OC(C)(C)C(C)(C)O1. The number of pyridine rings is 3. The van der Waals surface area contributed by atoms with Crippen LogP contribution in [-0.4, -0.2) is 130 Å². The number of halogens is 3. The first-order chi connectivity index (χ1) is 48.2. The van der Waals surface area contributed by atoms with E-state index in [0.29, 0.717) is 53.9 Å². The number of esters is 2. The van der Waals surface area contributed by atoms with Crippen molar-refractivity contribution in [2.24, 2.45) is 10.8 Å². The lowest BCUT2D eigenvalue weighted by atomic mass is 9.77. The fourth-order valence-corrected chi connectivity index (χ4v) is 12.0. The second-order valence-corrected chi connectivity index (χ2v) is 42.4. The summed E-state index contributed by atoms with van der Waals surface area (Å²) < 4.78 is 91.5. The van der Waals surface area contributed by atoms with Gasteiger partial charge in [0.05, 0.1) is 29.0 Å². The smallest absolute Gasteiger partial charge is 0.476 e. The summed E-state index contributed by atoms with van der Waals surface area (Å²) in [5, 5.41) is 8.82. The fourth-order valence-electron chi connectivity index (χ4n) is 10.2. The van der Waals surface area contributed by atoms with E-state index < -0.39 is 56.9 Å². The maximum atomic E-state index is 15.5. The van der Waals surface area contributed by atoms with Crippen molar-refractivity contribution >= 4 is 56.6 Å². The van der Waals surface area contributed by atoms with E-state index in [1.807, 2.05) is 142 Å². The second-order valence-electron chi connectivity index (χ2n) is 30.2. The molecule has 11 rings (SSSR count). The molecule has 8 aromatic rings. The quantitative estimate of drug-likeness (QED) is 0.0232. The summed E-state index contributed by atoms with van der Waals surface area (Å²) in [6.07, 6.45) is 7.66. The lowest BCUT2D eigenvalue weighted by molar-refractivity contribution is -0.153. The Hall–Kier alpha value is -7.79. The second kappa shape index (κ2) is 33.8. The number of benzene rings is 3. The van der Waals surface area contributed by atoms with Crippen LogP contribution in [-0.2, 0) is 64.5 Å². The Morgan fingerprint density at radius 2 is 1.06 bits per heavy atom. The standard InChI is InChI=1S/C35H43FN4O5Si.C24H30BNO5.C16H24BrFN4O2Si/c1-24(2)45-34-38-32(39-40(34)23-42-16-17-46(4,5)6)28-13-12-27(19-30(28)36)29-20-37-31(18-25(29)3)44-22-35(14-15-35)33(41)43-21-26-10-8-7-9-11-26;1-17-13-20(26-14-19(17)25-30-22(2,3)23(4,5)31-25)29-16-24(11-12-24)21(27)28-15-18-9-7-6-8-10-18;1-11(2)24-16-20-15(14-13(18)8-12(17)9-19-14)21-22(16)10-23-6-7-25(3,4)5/h7-13,18-20,24H,14-17,21-23H2,1-6H3;6-10,13-14H,11-12,15-16H2,1-5H3;8-9,11H,6-7,10H2,1-5H3. The van der Waals surface area contributed by atoms with Crippen molar-refractivity contribution in [1.29, 1.82) is 0 Å². The average molecular weight is 1500 g/mol. The first-order valence-electron chi connectivity index (χ1n) is 34.7. The highest BCUT2D eigenvalue weighted by Gasteiger charge is 2.54. The predicted octanol–water partition coefficient (Wildman–Crippen LogP) is 15.4. The van der Waals surface area contributed by atoms with Crippen molar-refractivity contribution < 1.29 is 65.6 Å². The molecule has 102 heavy (non-hydrogen) atoms. The monoisotopic (exact) mass is 1500 g/mol. The van der Waals surface area contributed by atoms with Crippen LogP contribution in [0.25, 0.3) is 34.0 Å². The molecule has 3 aromatic carbocycles. The molecule has 27 heteroatoms. The number of hydrogen-bond donors (Lipinski definition) is 0. The van der Waals surface area contributed by atoms with Crippen LogP contribution in [0.5, 0.6) is 23.8 Å². The van der Waals surface area contributed by atoms with Crippen LogP contribution >= 0.6 is 15.9 Å². The van der Waals surface area contributed by atoms with Gasteiger partial charge in [0.25, 0.3) is 0 Å². The van der Waals surface area contributed by atoms with Crippen molar-refractivity contribution in [2.45, 2.75) is 196 Å². The first kappa shape index (κ1) is 78.3. The van der Waals surface area contributed by atoms with Gasteiger partial charge in [-0.1, -0.05) is 106 Å². The molecule has 2 aliphatic carbocycles. The third-order valence-electron chi connectivity index (χ3n) is 17.6. The zero-order valence-corrected chi connectivity index (χ0v) is 65.2.